The summed E-state index contributed by atoms with van der Waals surface area (Å²) in [5.74, 6) is -0.345. The Bertz CT molecular complexity index is 447. The lowest BCUT2D eigenvalue weighted by Gasteiger charge is -2.13. The zero-order valence-electron chi connectivity index (χ0n) is 8.87. The fourth-order valence-corrected chi connectivity index (χ4v) is 1.53. The quantitative estimate of drug-likeness (QED) is 0.695. The van der Waals surface area contributed by atoms with E-state index in [1.54, 1.807) is 18.5 Å². The Labute approximate surface area is 92.7 Å². The molecule has 0 radical (unpaired) electrons. The van der Waals surface area contributed by atoms with Crippen molar-refractivity contribution in [3.8, 4) is 0 Å². The molecule has 0 aliphatic heterocycles. The van der Waals surface area contributed by atoms with Gasteiger partial charge in [0.05, 0.1) is 12.2 Å². The van der Waals surface area contributed by atoms with Gasteiger partial charge in [0.2, 0.25) is 0 Å². The Hall–Kier alpha value is -2.04. The van der Waals surface area contributed by atoms with Crippen LogP contribution in [0.3, 0.4) is 0 Å². The van der Waals surface area contributed by atoms with Crippen LogP contribution in [-0.2, 0) is 0 Å². The fourth-order valence-electron chi connectivity index (χ4n) is 1.53. The molecule has 2 aromatic rings. The van der Waals surface area contributed by atoms with E-state index in [9.17, 15) is 4.39 Å². The smallest absolute Gasteiger partial charge is 0.127 e. The molecule has 0 saturated carbocycles. The maximum Gasteiger partial charge on any atom is 0.127 e. The van der Waals surface area contributed by atoms with Gasteiger partial charge in [-0.15, -0.1) is 0 Å². The lowest BCUT2D eigenvalue weighted by molar-refractivity contribution is 0.628. The summed E-state index contributed by atoms with van der Waals surface area (Å²) in [5, 5.41) is 9.73. The molecule has 0 spiro atoms. The summed E-state index contributed by atoms with van der Waals surface area (Å²) in [6, 6.07) is 4.43. The number of nitrogens with zero attached hydrogens (tertiary/aromatic N) is 1. The molecule has 1 unspecified atom stereocenters. The molecule has 0 amide bonds. The van der Waals surface area contributed by atoms with Gasteiger partial charge in [-0.2, -0.15) is 5.10 Å². The summed E-state index contributed by atoms with van der Waals surface area (Å²) in [5.41, 5.74) is 7.62. The number of hydrogen-bond donors (Lipinski definition) is 3. The lowest BCUT2D eigenvalue weighted by Crippen LogP contribution is -2.06. The van der Waals surface area contributed by atoms with Crippen molar-refractivity contribution in [2.45, 2.75) is 13.0 Å². The minimum Gasteiger partial charge on any atom is -0.399 e. The Morgan fingerprint density at radius 2 is 2.25 bits per heavy atom. The zero-order chi connectivity index (χ0) is 11.5. The van der Waals surface area contributed by atoms with Crippen LogP contribution < -0.4 is 11.1 Å². The monoisotopic (exact) mass is 220 g/mol. The molecule has 5 heteroatoms. The van der Waals surface area contributed by atoms with Crippen molar-refractivity contribution < 1.29 is 4.39 Å². The maximum absolute atomic E-state index is 13.1. The van der Waals surface area contributed by atoms with Crippen molar-refractivity contribution in [2.24, 2.45) is 0 Å². The van der Waals surface area contributed by atoms with Crippen LogP contribution in [-0.4, -0.2) is 10.2 Å². The third-order valence-corrected chi connectivity index (χ3v) is 2.32. The highest BCUT2D eigenvalue weighted by Crippen LogP contribution is 2.21. The molecular weight excluding hydrogens is 207 g/mol. The van der Waals surface area contributed by atoms with Crippen LogP contribution in [0.1, 0.15) is 18.5 Å². The molecule has 2 rings (SSSR count). The van der Waals surface area contributed by atoms with Gasteiger partial charge in [-0.05, 0) is 25.1 Å². The van der Waals surface area contributed by atoms with Crippen molar-refractivity contribution in [1.29, 1.82) is 0 Å². The van der Waals surface area contributed by atoms with Crippen LogP contribution in [0.4, 0.5) is 15.8 Å². The molecule has 0 aliphatic carbocycles. The highest BCUT2D eigenvalue weighted by molar-refractivity contribution is 5.55. The molecule has 16 heavy (non-hydrogen) atoms. The predicted molar refractivity (Wildman–Crippen MR) is 61.4 cm³/mol. The van der Waals surface area contributed by atoms with Gasteiger partial charge in [0.15, 0.2) is 0 Å². The van der Waals surface area contributed by atoms with Gasteiger partial charge in [0, 0.05) is 23.1 Å². The Balaban J connectivity index is 2.15. The average Bonchev–Trinajstić information content (AvgIpc) is 2.68. The molecule has 1 aromatic carbocycles. The van der Waals surface area contributed by atoms with E-state index in [1.165, 1.54) is 12.1 Å². The number of benzene rings is 1. The molecular formula is C11H13FN4. The third-order valence-electron chi connectivity index (χ3n) is 2.32. The topological polar surface area (TPSA) is 66.7 Å². The predicted octanol–water partition coefficient (Wildman–Crippen LogP) is 2.30. The Morgan fingerprint density at radius 3 is 2.88 bits per heavy atom. The number of hydrogen-bond acceptors (Lipinski definition) is 3. The molecule has 0 fully saturated rings. The van der Waals surface area contributed by atoms with Gasteiger partial charge in [-0.25, -0.2) is 4.39 Å². The minimum atomic E-state index is -0.345. The molecule has 0 saturated heterocycles. The van der Waals surface area contributed by atoms with Crippen LogP contribution in [0, 0.1) is 5.82 Å². The zero-order valence-corrected chi connectivity index (χ0v) is 8.87. The number of H-pyrrole nitrogens is 1. The van der Waals surface area contributed by atoms with Crippen LogP contribution in [0.15, 0.2) is 30.6 Å². The SMILES string of the molecule is CC(Nc1cc(N)cc(F)c1)c1cn[nH]c1. The van der Waals surface area contributed by atoms with E-state index < -0.39 is 0 Å². The summed E-state index contributed by atoms with van der Waals surface area (Å²) in [7, 11) is 0. The average molecular weight is 220 g/mol. The number of rotatable bonds is 3. The van der Waals surface area contributed by atoms with Gasteiger partial charge in [-0.1, -0.05) is 0 Å². The number of nitrogens with one attached hydrogen (secondary N) is 2. The van der Waals surface area contributed by atoms with Crippen molar-refractivity contribution in [2.75, 3.05) is 11.1 Å². The first-order valence-corrected chi connectivity index (χ1v) is 4.96. The van der Waals surface area contributed by atoms with E-state index in [4.69, 9.17) is 5.73 Å². The highest BCUT2D eigenvalue weighted by atomic mass is 19.1. The maximum atomic E-state index is 13.1. The number of aromatic nitrogens is 2. The van der Waals surface area contributed by atoms with Crippen molar-refractivity contribution >= 4 is 11.4 Å². The van der Waals surface area contributed by atoms with Crippen LogP contribution in [0.25, 0.3) is 0 Å². The summed E-state index contributed by atoms with van der Waals surface area (Å²) in [6.45, 7) is 1.96. The molecule has 1 atom stereocenters. The van der Waals surface area contributed by atoms with Crippen LogP contribution in [0.2, 0.25) is 0 Å². The van der Waals surface area contributed by atoms with E-state index in [1.807, 2.05) is 6.92 Å². The van der Waals surface area contributed by atoms with E-state index in [2.05, 4.69) is 15.5 Å². The van der Waals surface area contributed by atoms with Crippen molar-refractivity contribution in [1.82, 2.24) is 10.2 Å². The Morgan fingerprint density at radius 1 is 1.44 bits per heavy atom. The third kappa shape index (κ3) is 2.31. The molecule has 0 bridgehead atoms. The molecule has 84 valence electrons. The Kier molecular flexibility index (Phi) is 2.76. The summed E-state index contributed by atoms with van der Waals surface area (Å²) in [4.78, 5) is 0. The molecule has 1 heterocycles. The molecule has 0 aliphatic rings. The van der Waals surface area contributed by atoms with E-state index in [0.717, 1.165) is 5.56 Å². The first-order valence-electron chi connectivity index (χ1n) is 4.96. The lowest BCUT2D eigenvalue weighted by atomic mass is 10.1. The first kappa shape index (κ1) is 10.5. The van der Waals surface area contributed by atoms with Gasteiger partial charge >= 0.3 is 0 Å². The van der Waals surface area contributed by atoms with Gasteiger partial charge in [0.1, 0.15) is 5.82 Å². The molecule has 1 aromatic heterocycles. The second-order valence-electron chi connectivity index (χ2n) is 3.67. The summed E-state index contributed by atoms with van der Waals surface area (Å²) < 4.78 is 13.1. The molecule has 4 N–H and O–H groups in total. The second-order valence-corrected chi connectivity index (χ2v) is 3.67. The normalized spacial score (nSPS) is 12.4. The van der Waals surface area contributed by atoms with Gasteiger partial charge in [0.25, 0.3) is 0 Å². The fraction of sp³-hybridized carbons (Fsp3) is 0.182. The number of halogens is 1. The molecule has 4 nitrogen and oxygen atoms in total. The standard InChI is InChI=1S/C11H13FN4/c1-7(8-5-14-15-6-8)16-11-3-9(12)2-10(13)4-11/h2-7,16H,13H2,1H3,(H,14,15). The number of nitrogens with two attached hydrogens (primary N) is 1. The second kappa shape index (κ2) is 4.22. The number of nitrogen functional groups attached to an aromatic ring is 1. The van der Waals surface area contributed by atoms with Crippen LogP contribution in [0.5, 0.6) is 0 Å². The highest BCUT2D eigenvalue weighted by Gasteiger charge is 2.07. The van der Waals surface area contributed by atoms with Crippen molar-refractivity contribution in [3.63, 3.8) is 0 Å². The minimum absolute atomic E-state index is 0.0416. The van der Waals surface area contributed by atoms with E-state index in [0.29, 0.717) is 11.4 Å². The van der Waals surface area contributed by atoms with Crippen molar-refractivity contribution in [3.05, 3.63) is 42.0 Å². The summed E-state index contributed by atoms with van der Waals surface area (Å²) >= 11 is 0. The number of aromatic amines is 1. The summed E-state index contributed by atoms with van der Waals surface area (Å²) in [6.07, 6.45) is 3.51. The van der Waals surface area contributed by atoms with Crippen LogP contribution >= 0.6 is 0 Å². The van der Waals surface area contributed by atoms with E-state index in [-0.39, 0.29) is 11.9 Å². The van der Waals surface area contributed by atoms with Gasteiger partial charge < -0.3 is 11.1 Å². The first-order chi connectivity index (χ1) is 7.65. The largest absolute Gasteiger partial charge is 0.399 e. The number of anilines is 2. The van der Waals surface area contributed by atoms with Gasteiger partial charge in [-0.3, -0.25) is 5.10 Å². The van der Waals surface area contributed by atoms with E-state index >= 15 is 0 Å².